The van der Waals surface area contributed by atoms with Gasteiger partial charge in [0, 0.05) is 50.6 Å². The summed E-state index contributed by atoms with van der Waals surface area (Å²) in [4.78, 5) is 56.1. The van der Waals surface area contributed by atoms with Crippen LogP contribution < -0.4 is 5.73 Å². The van der Waals surface area contributed by atoms with Gasteiger partial charge in [-0.05, 0) is 64.0 Å². The van der Waals surface area contributed by atoms with Gasteiger partial charge >= 0.3 is 18.2 Å². The predicted molar refractivity (Wildman–Crippen MR) is 196 cm³/mol. The van der Waals surface area contributed by atoms with Gasteiger partial charge in [0.15, 0.2) is 6.10 Å². The van der Waals surface area contributed by atoms with Crippen LogP contribution in [0.3, 0.4) is 0 Å². The van der Waals surface area contributed by atoms with Gasteiger partial charge in [0.1, 0.15) is 17.7 Å². The van der Waals surface area contributed by atoms with Gasteiger partial charge in [-0.15, -0.1) is 0 Å². The lowest BCUT2D eigenvalue weighted by Gasteiger charge is -2.40. The fraction of sp³-hybridized carbons (Fsp3) is 0.744. The number of rotatable bonds is 8. The van der Waals surface area contributed by atoms with Crippen molar-refractivity contribution < 1.29 is 43.6 Å². The number of primary amides is 1. The zero-order chi connectivity index (χ0) is 37.8. The van der Waals surface area contributed by atoms with Crippen LogP contribution in [-0.2, 0) is 23.8 Å². The largest absolute Gasteiger partial charge is 0.457 e. The molecule has 4 N–H and O–H groups in total. The van der Waals surface area contributed by atoms with Crippen LogP contribution >= 0.6 is 0 Å². The number of aliphatic hydroxyl groups excluding tert-OH is 1. The van der Waals surface area contributed by atoms with E-state index in [0.29, 0.717) is 38.5 Å². The SMILES string of the molecule is C/C(=C\C=C\[C@@H](C)COC(=O)N1CCC[C@@H]1C(N)=O)[C@H]1OC(=O)C[C@@H](O)CC[C@](C)(O)[C@H](OC(=O)N2CCN(C3CCCCCC3)CC2)/C=C/[C@@H]1C. The van der Waals surface area contributed by atoms with Crippen LogP contribution in [0.5, 0.6) is 0 Å². The van der Waals surface area contributed by atoms with E-state index in [0.717, 1.165) is 18.7 Å². The number of allylic oxidation sites excluding steroid dienone is 2. The van der Waals surface area contributed by atoms with E-state index in [1.807, 2.05) is 32.9 Å². The summed E-state index contributed by atoms with van der Waals surface area (Å²) in [7, 11) is 0. The minimum absolute atomic E-state index is 0.107. The maximum Gasteiger partial charge on any atom is 0.410 e. The lowest BCUT2D eigenvalue weighted by atomic mass is 9.89. The van der Waals surface area contributed by atoms with E-state index >= 15 is 0 Å². The molecule has 52 heavy (non-hydrogen) atoms. The van der Waals surface area contributed by atoms with Crippen LogP contribution in [0, 0.1) is 11.8 Å². The molecule has 13 nitrogen and oxygen atoms in total. The number of aliphatic hydroxyl groups is 2. The number of esters is 1. The summed E-state index contributed by atoms with van der Waals surface area (Å²) in [6.07, 6.45) is 13.9. The summed E-state index contributed by atoms with van der Waals surface area (Å²) < 4.78 is 17.3. The molecule has 0 aromatic heterocycles. The van der Waals surface area contributed by atoms with Gasteiger partial charge in [-0.3, -0.25) is 19.4 Å². The number of hydrogen-bond donors (Lipinski definition) is 3. The first kappa shape index (κ1) is 41.3. The average Bonchev–Trinajstić information content (AvgIpc) is 3.46. The molecular formula is C39H62N4O9. The summed E-state index contributed by atoms with van der Waals surface area (Å²) >= 11 is 0. The molecule has 3 aliphatic heterocycles. The van der Waals surface area contributed by atoms with Crippen LogP contribution in [0.4, 0.5) is 9.59 Å². The van der Waals surface area contributed by atoms with Crippen LogP contribution in [-0.4, -0.2) is 124 Å². The molecule has 0 spiro atoms. The highest BCUT2D eigenvalue weighted by molar-refractivity contribution is 5.84. The first-order valence-corrected chi connectivity index (χ1v) is 19.3. The molecule has 3 fully saturated rings. The van der Waals surface area contributed by atoms with E-state index < -0.39 is 54.0 Å². The molecule has 1 saturated carbocycles. The zero-order valence-corrected chi connectivity index (χ0v) is 31.6. The Balaban J connectivity index is 1.39. The van der Waals surface area contributed by atoms with E-state index in [2.05, 4.69) is 4.90 Å². The minimum atomic E-state index is -1.49. The Morgan fingerprint density at radius 2 is 1.71 bits per heavy atom. The Labute approximate surface area is 309 Å². The zero-order valence-electron chi connectivity index (χ0n) is 31.6. The van der Waals surface area contributed by atoms with Gasteiger partial charge < -0.3 is 35.1 Å². The predicted octanol–water partition coefficient (Wildman–Crippen LogP) is 4.46. The normalized spacial score (nSPS) is 31.9. The number of carbonyl (C=O) groups is 4. The molecule has 0 aromatic rings. The van der Waals surface area contributed by atoms with E-state index in [1.54, 1.807) is 30.1 Å². The number of likely N-dealkylation sites (tertiary alicyclic amines) is 1. The molecule has 1 aliphatic carbocycles. The Morgan fingerprint density at radius 1 is 1.02 bits per heavy atom. The first-order chi connectivity index (χ1) is 24.7. The van der Waals surface area contributed by atoms with Crippen LogP contribution in [0.25, 0.3) is 0 Å². The third-order valence-corrected chi connectivity index (χ3v) is 11.0. The number of cyclic esters (lactones) is 1. The molecule has 0 bridgehead atoms. The molecule has 3 amide bonds. The van der Waals surface area contributed by atoms with Crippen molar-refractivity contribution in [2.45, 2.75) is 134 Å². The van der Waals surface area contributed by atoms with Crippen LogP contribution in [0.2, 0.25) is 0 Å². The monoisotopic (exact) mass is 730 g/mol. The van der Waals surface area contributed by atoms with Crippen molar-refractivity contribution in [3.05, 3.63) is 36.0 Å². The number of nitrogens with zero attached hydrogens (tertiary/aromatic N) is 3. The van der Waals surface area contributed by atoms with E-state index in [9.17, 15) is 29.4 Å². The number of piperazine rings is 1. The highest BCUT2D eigenvalue weighted by atomic mass is 16.6. The topological polar surface area (TPSA) is 172 Å². The van der Waals surface area contributed by atoms with Crippen molar-refractivity contribution in [1.82, 2.24) is 14.7 Å². The number of ether oxygens (including phenoxy) is 3. The average molecular weight is 731 g/mol. The molecule has 0 aromatic carbocycles. The van der Waals surface area contributed by atoms with E-state index in [1.165, 1.54) is 43.4 Å². The molecule has 0 unspecified atom stereocenters. The smallest absolute Gasteiger partial charge is 0.410 e. The number of nitrogens with two attached hydrogens (primary N) is 1. The standard InChI is InChI=1S/C39H62N4O9/c1-27(26-50-38(48)43-20-10-15-32(43)36(40)46)11-9-12-28(2)35-29(3)16-17-33(39(4,49)19-18-31(44)25-34(45)52-35)51-37(47)42-23-21-41(22-24-42)30-13-7-5-6-8-14-30/h9,11-12,16-17,27,29-33,35,44,49H,5-8,10,13-15,18-26H2,1-4H3,(H2,40,46)/b11-9+,17-16+,28-12+/t27-,29+,31+,32-,33-,35-,39+/m1/s1. The second kappa shape index (κ2) is 19.6. The van der Waals surface area contributed by atoms with Gasteiger partial charge in [-0.2, -0.15) is 0 Å². The lowest BCUT2D eigenvalue weighted by Crippen LogP contribution is -2.53. The van der Waals surface area contributed by atoms with Gasteiger partial charge in [0.2, 0.25) is 5.91 Å². The Hall–Kier alpha value is -3.42. The second-order valence-electron chi connectivity index (χ2n) is 15.5. The van der Waals surface area contributed by atoms with Crippen molar-refractivity contribution in [2.75, 3.05) is 39.3 Å². The summed E-state index contributed by atoms with van der Waals surface area (Å²) in [5.74, 6) is -1.62. The Morgan fingerprint density at radius 3 is 2.38 bits per heavy atom. The van der Waals surface area contributed by atoms with Crippen LogP contribution in [0.1, 0.15) is 98.3 Å². The lowest BCUT2D eigenvalue weighted by molar-refractivity contribution is -0.151. The van der Waals surface area contributed by atoms with Gasteiger partial charge in [0.25, 0.3) is 0 Å². The van der Waals surface area contributed by atoms with Gasteiger partial charge in [-0.25, -0.2) is 9.59 Å². The third-order valence-electron chi connectivity index (χ3n) is 11.0. The summed E-state index contributed by atoms with van der Waals surface area (Å²) in [6, 6.07) is -0.0647. The van der Waals surface area contributed by atoms with E-state index in [-0.39, 0.29) is 37.7 Å². The van der Waals surface area contributed by atoms with Gasteiger partial charge in [0.05, 0.1) is 19.1 Å². The summed E-state index contributed by atoms with van der Waals surface area (Å²) in [6.45, 7) is 10.4. The van der Waals surface area contributed by atoms with Crippen molar-refractivity contribution in [1.29, 1.82) is 0 Å². The van der Waals surface area contributed by atoms with Crippen molar-refractivity contribution in [3.8, 4) is 0 Å². The highest BCUT2D eigenvalue weighted by Crippen LogP contribution is 2.28. The summed E-state index contributed by atoms with van der Waals surface area (Å²) in [5, 5.41) is 22.2. The number of carbonyl (C=O) groups excluding carboxylic acids is 4. The fourth-order valence-corrected chi connectivity index (χ4v) is 7.64. The van der Waals surface area contributed by atoms with Crippen molar-refractivity contribution in [3.63, 3.8) is 0 Å². The third kappa shape index (κ3) is 12.1. The second-order valence-corrected chi connectivity index (χ2v) is 15.5. The maximum atomic E-state index is 13.4. The van der Waals surface area contributed by atoms with Gasteiger partial charge in [-0.1, -0.05) is 63.8 Å². The maximum absolute atomic E-state index is 13.4. The number of amides is 3. The summed E-state index contributed by atoms with van der Waals surface area (Å²) in [5.41, 5.74) is 4.66. The molecule has 13 heteroatoms. The highest BCUT2D eigenvalue weighted by Gasteiger charge is 2.38. The molecule has 4 rings (SSSR count). The molecule has 7 atom stereocenters. The molecule has 292 valence electrons. The molecule has 2 saturated heterocycles. The van der Waals surface area contributed by atoms with Crippen LogP contribution in [0.15, 0.2) is 36.0 Å². The Bertz CT molecular complexity index is 1300. The number of hydrogen-bond acceptors (Lipinski definition) is 10. The van der Waals surface area contributed by atoms with Crippen molar-refractivity contribution in [2.24, 2.45) is 17.6 Å². The molecule has 0 radical (unpaired) electrons. The molecular weight excluding hydrogens is 668 g/mol. The van der Waals surface area contributed by atoms with E-state index in [4.69, 9.17) is 19.9 Å². The minimum Gasteiger partial charge on any atom is -0.457 e. The fourth-order valence-electron chi connectivity index (χ4n) is 7.64. The molecule has 3 heterocycles. The quantitative estimate of drug-likeness (QED) is 0.107. The molecule has 4 aliphatic rings. The Kier molecular flexibility index (Phi) is 15.6. The first-order valence-electron chi connectivity index (χ1n) is 19.3. The van der Waals surface area contributed by atoms with Crippen molar-refractivity contribution >= 4 is 24.1 Å².